The van der Waals surface area contributed by atoms with Crippen molar-refractivity contribution in [3.8, 4) is 0 Å². The first kappa shape index (κ1) is 14.1. The Kier molecular flexibility index (Phi) is 4.40. The van der Waals surface area contributed by atoms with E-state index in [1.807, 2.05) is 24.3 Å². The van der Waals surface area contributed by atoms with Gasteiger partial charge in [0, 0.05) is 19.5 Å². The lowest BCUT2D eigenvalue weighted by Gasteiger charge is -2.34. The van der Waals surface area contributed by atoms with Gasteiger partial charge in [0.25, 0.3) is 0 Å². The predicted octanol–water partition coefficient (Wildman–Crippen LogP) is 1.78. The lowest BCUT2D eigenvalue weighted by Crippen LogP contribution is -2.52. The molecule has 0 spiro atoms. The first-order chi connectivity index (χ1) is 9.63. The highest BCUT2D eigenvalue weighted by molar-refractivity contribution is 5.83. The Hall–Kier alpha value is -2.30. The van der Waals surface area contributed by atoms with Gasteiger partial charge in [0.05, 0.1) is 0 Å². The molecule has 1 aliphatic heterocycles. The van der Waals surface area contributed by atoms with E-state index in [-0.39, 0.29) is 6.03 Å². The summed E-state index contributed by atoms with van der Waals surface area (Å²) in [7, 11) is 0. The first-order valence-corrected chi connectivity index (χ1v) is 6.58. The van der Waals surface area contributed by atoms with Gasteiger partial charge in [-0.3, -0.25) is 0 Å². The van der Waals surface area contributed by atoms with E-state index < -0.39 is 12.0 Å². The molecule has 0 radical (unpaired) electrons. The molecule has 0 aliphatic carbocycles. The Labute approximate surface area is 117 Å². The van der Waals surface area contributed by atoms with E-state index in [1.165, 1.54) is 4.90 Å². The van der Waals surface area contributed by atoms with Crippen LogP contribution in [0.15, 0.2) is 36.9 Å². The SMILES string of the molecule is C=CCCNC(=O)N1Cc2ccccc2C[C@@H]1C(=O)O. The number of carbonyl (C=O) groups is 2. The molecule has 0 saturated carbocycles. The number of amides is 2. The number of hydrogen-bond acceptors (Lipinski definition) is 2. The van der Waals surface area contributed by atoms with Gasteiger partial charge in [0.2, 0.25) is 0 Å². The summed E-state index contributed by atoms with van der Waals surface area (Å²) in [6.45, 7) is 4.38. The van der Waals surface area contributed by atoms with Crippen molar-refractivity contribution in [1.29, 1.82) is 0 Å². The number of carboxylic acids is 1. The van der Waals surface area contributed by atoms with Crippen LogP contribution >= 0.6 is 0 Å². The van der Waals surface area contributed by atoms with Crippen LogP contribution in [0, 0.1) is 0 Å². The van der Waals surface area contributed by atoms with Crippen LogP contribution in [0.1, 0.15) is 17.5 Å². The third kappa shape index (κ3) is 2.99. The molecule has 1 atom stereocenters. The second kappa shape index (κ2) is 6.23. The monoisotopic (exact) mass is 274 g/mol. The molecule has 2 amide bonds. The summed E-state index contributed by atoms with van der Waals surface area (Å²) >= 11 is 0. The minimum atomic E-state index is -0.974. The molecular formula is C15H18N2O3. The molecule has 1 aromatic carbocycles. The lowest BCUT2D eigenvalue weighted by atomic mass is 9.94. The zero-order valence-electron chi connectivity index (χ0n) is 11.2. The number of carboxylic acid groups (broad SMARTS) is 1. The fourth-order valence-corrected chi connectivity index (χ4v) is 2.34. The number of nitrogens with zero attached hydrogens (tertiary/aromatic N) is 1. The standard InChI is InChI=1S/C15H18N2O3/c1-2-3-8-16-15(20)17-10-12-7-5-4-6-11(12)9-13(17)14(18)19/h2,4-7,13H,1,3,8-10H2,(H,16,20)(H,18,19)/t13-/m1/s1. The van der Waals surface area contributed by atoms with Gasteiger partial charge in [-0.25, -0.2) is 9.59 Å². The zero-order valence-corrected chi connectivity index (χ0v) is 11.2. The van der Waals surface area contributed by atoms with Gasteiger partial charge in [-0.05, 0) is 17.5 Å². The average molecular weight is 274 g/mol. The van der Waals surface area contributed by atoms with Crippen LogP contribution in [0.25, 0.3) is 0 Å². The molecule has 1 heterocycles. The molecule has 0 bridgehead atoms. The molecule has 0 unspecified atom stereocenters. The van der Waals surface area contributed by atoms with E-state index in [0.717, 1.165) is 11.1 Å². The molecule has 1 aromatic rings. The van der Waals surface area contributed by atoms with Crippen LogP contribution in [-0.4, -0.2) is 34.6 Å². The maximum atomic E-state index is 12.1. The molecule has 2 N–H and O–H groups in total. The van der Waals surface area contributed by atoms with Gasteiger partial charge >= 0.3 is 12.0 Å². The third-order valence-electron chi connectivity index (χ3n) is 3.42. The van der Waals surface area contributed by atoms with Crippen molar-refractivity contribution in [3.63, 3.8) is 0 Å². The van der Waals surface area contributed by atoms with E-state index in [1.54, 1.807) is 6.08 Å². The number of hydrogen-bond donors (Lipinski definition) is 2. The summed E-state index contributed by atoms with van der Waals surface area (Å²) in [6.07, 6.45) is 2.72. The van der Waals surface area contributed by atoms with E-state index >= 15 is 0 Å². The summed E-state index contributed by atoms with van der Waals surface area (Å²) in [5.74, 6) is -0.974. The van der Waals surface area contributed by atoms with Crippen LogP contribution in [0.2, 0.25) is 0 Å². The van der Waals surface area contributed by atoms with Gasteiger partial charge in [0.1, 0.15) is 6.04 Å². The Morgan fingerprint density at radius 2 is 2.10 bits per heavy atom. The maximum Gasteiger partial charge on any atom is 0.326 e. The lowest BCUT2D eigenvalue weighted by molar-refractivity contribution is -0.142. The fourth-order valence-electron chi connectivity index (χ4n) is 2.34. The van der Waals surface area contributed by atoms with Crippen molar-refractivity contribution in [2.75, 3.05) is 6.54 Å². The molecule has 5 nitrogen and oxygen atoms in total. The van der Waals surface area contributed by atoms with E-state index in [0.29, 0.717) is 25.9 Å². The van der Waals surface area contributed by atoms with Crippen molar-refractivity contribution < 1.29 is 14.7 Å². The molecule has 20 heavy (non-hydrogen) atoms. The van der Waals surface area contributed by atoms with Gasteiger partial charge in [-0.2, -0.15) is 0 Å². The molecular weight excluding hydrogens is 256 g/mol. The Balaban J connectivity index is 2.15. The Bertz CT molecular complexity index is 528. The molecule has 0 aromatic heterocycles. The Morgan fingerprint density at radius 3 is 2.75 bits per heavy atom. The normalized spacial score (nSPS) is 17.2. The molecule has 1 aliphatic rings. The van der Waals surface area contributed by atoms with Crippen LogP contribution in [0.3, 0.4) is 0 Å². The molecule has 5 heteroatoms. The number of aliphatic carboxylic acids is 1. The summed E-state index contributed by atoms with van der Waals surface area (Å²) in [5, 5.41) is 12.0. The summed E-state index contributed by atoms with van der Waals surface area (Å²) in [4.78, 5) is 24.9. The quantitative estimate of drug-likeness (QED) is 0.649. The number of nitrogens with one attached hydrogen (secondary N) is 1. The number of fused-ring (bicyclic) bond motifs is 1. The number of urea groups is 1. The summed E-state index contributed by atoms with van der Waals surface area (Å²) in [5.41, 5.74) is 2.00. The fraction of sp³-hybridized carbons (Fsp3) is 0.333. The number of carbonyl (C=O) groups excluding carboxylic acids is 1. The Morgan fingerprint density at radius 1 is 1.40 bits per heavy atom. The van der Waals surface area contributed by atoms with Crippen LogP contribution in [-0.2, 0) is 17.8 Å². The van der Waals surface area contributed by atoms with E-state index in [9.17, 15) is 14.7 Å². The number of rotatable bonds is 4. The third-order valence-corrected chi connectivity index (χ3v) is 3.42. The van der Waals surface area contributed by atoms with Crippen molar-refractivity contribution in [3.05, 3.63) is 48.0 Å². The highest BCUT2D eigenvalue weighted by Crippen LogP contribution is 2.23. The van der Waals surface area contributed by atoms with Gasteiger partial charge in [0.15, 0.2) is 0 Å². The zero-order chi connectivity index (χ0) is 14.5. The van der Waals surface area contributed by atoms with Crippen molar-refractivity contribution >= 4 is 12.0 Å². The summed E-state index contributed by atoms with van der Waals surface area (Å²) in [6, 6.07) is 6.48. The largest absolute Gasteiger partial charge is 0.480 e. The van der Waals surface area contributed by atoms with Crippen molar-refractivity contribution in [2.45, 2.75) is 25.4 Å². The molecule has 106 valence electrons. The maximum absolute atomic E-state index is 12.1. The second-order valence-electron chi connectivity index (χ2n) is 4.76. The van der Waals surface area contributed by atoms with Crippen LogP contribution < -0.4 is 5.32 Å². The van der Waals surface area contributed by atoms with Gasteiger partial charge in [-0.15, -0.1) is 6.58 Å². The molecule has 0 saturated heterocycles. The smallest absolute Gasteiger partial charge is 0.326 e. The molecule has 2 rings (SSSR count). The number of benzene rings is 1. The van der Waals surface area contributed by atoms with Crippen LogP contribution in [0.5, 0.6) is 0 Å². The van der Waals surface area contributed by atoms with E-state index in [2.05, 4.69) is 11.9 Å². The van der Waals surface area contributed by atoms with Gasteiger partial charge in [-0.1, -0.05) is 30.3 Å². The highest BCUT2D eigenvalue weighted by atomic mass is 16.4. The van der Waals surface area contributed by atoms with Crippen molar-refractivity contribution in [2.24, 2.45) is 0 Å². The van der Waals surface area contributed by atoms with Crippen molar-refractivity contribution in [1.82, 2.24) is 10.2 Å². The first-order valence-electron chi connectivity index (χ1n) is 6.58. The average Bonchev–Trinajstić information content (AvgIpc) is 2.46. The molecule has 0 fully saturated rings. The second-order valence-corrected chi connectivity index (χ2v) is 4.76. The van der Waals surface area contributed by atoms with Gasteiger partial charge < -0.3 is 15.3 Å². The minimum absolute atomic E-state index is 0.326. The highest BCUT2D eigenvalue weighted by Gasteiger charge is 2.34. The summed E-state index contributed by atoms with van der Waals surface area (Å²) < 4.78 is 0. The van der Waals surface area contributed by atoms with Crippen LogP contribution in [0.4, 0.5) is 4.79 Å². The predicted molar refractivity (Wildman–Crippen MR) is 75.3 cm³/mol. The topological polar surface area (TPSA) is 69.6 Å². The van der Waals surface area contributed by atoms with E-state index in [4.69, 9.17) is 0 Å². The minimum Gasteiger partial charge on any atom is -0.480 e.